The molecule has 1 unspecified atom stereocenters. The number of carbonyl (C=O) groups excluding carboxylic acids is 1. The average molecular weight is 252 g/mol. The normalized spacial score (nSPS) is 13.2. The van der Waals surface area contributed by atoms with Gasteiger partial charge in [0, 0.05) is 12.8 Å². The molecule has 0 spiro atoms. The smallest absolute Gasteiger partial charge is 0.229 e. The van der Waals surface area contributed by atoms with Crippen LogP contribution in [0, 0.1) is 5.92 Å². The molecule has 0 aromatic rings. The Balaban J connectivity index is 4.09. The van der Waals surface area contributed by atoms with Crippen LogP contribution < -0.4 is 11.1 Å². The summed E-state index contributed by atoms with van der Waals surface area (Å²) in [4.78, 5) is 11.6. The van der Waals surface area contributed by atoms with E-state index < -0.39 is 15.8 Å². The summed E-state index contributed by atoms with van der Waals surface area (Å²) < 4.78 is 21.6. The predicted octanol–water partition coefficient (Wildman–Crippen LogP) is -0.540. The van der Waals surface area contributed by atoms with Crippen LogP contribution in [0.1, 0.15) is 13.3 Å². The van der Waals surface area contributed by atoms with Crippen molar-refractivity contribution >= 4 is 33.0 Å². The number of amides is 1. The summed E-state index contributed by atoms with van der Waals surface area (Å²) in [5.41, 5.74) is 5.36. The lowest BCUT2D eigenvalue weighted by molar-refractivity contribution is -0.122. The number of hydrogen-bond donors (Lipinski definition) is 2. The second-order valence-corrected chi connectivity index (χ2v) is 6.02. The molecule has 5 nitrogen and oxygen atoms in total. The number of nitrogens with one attached hydrogen (secondary N) is 1. The minimum Gasteiger partial charge on any atom is -0.393 e. The monoisotopic (exact) mass is 252 g/mol. The van der Waals surface area contributed by atoms with E-state index in [1.165, 1.54) is 0 Å². The Morgan fingerprint density at radius 2 is 2.07 bits per heavy atom. The Hall–Kier alpha value is -0.690. The van der Waals surface area contributed by atoms with Gasteiger partial charge >= 0.3 is 0 Å². The fourth-order valence-corrected chi connectivity index (χ4v) is 1.75. The molecular formula is C8H16N2O3S2. The second-order valence-electron chi connectivity index (χ2n) is 3.28. The largest absolute Gasteiger partial charge is 0.393 e. The van der Waals surface area contributed by atoms with E-state index in [1.54, 1.807) is 6.92 Å². The van der Waals surface area contributed by atoms with Crippen molar-refractivity contribution in [2.75, 3.05) is 18.6 Å². The van der Waals surface area contributed by atoms with Crippen LogP contribution in [0.25, 0.3) is 0 Å². The van der Waals surface area contributed by atoms with Crippen LogP contribution in [0.4, 0.5) is 0 Å². The number of hydrogen-bond acceptors (Lipinski definition) is 4. The lowest BCUT2D eigenvalue weighted by Crippen LogP contribution is -2.39. The Bertz CT molecular complexity index is 338. The molecule has 0 heterocycles. The molecule has 0 rings (SSSR count). The van der Waals surface area contributed by atoms with E-state index in [1.807, 2.05) is 0 Å². The van der Waals surface area contributed by atoms with Crippen LogP contribution in [0.15, 0.2) is 0 Å². The van der Waals surface area contributed by atoms with Crippen molar-refractivity contribution in [3.63, 3.8) is 0 Å². The van der Waals surface area contributed by atoms with E-state index in [4.69, 9.17) is 18.0 Å². The quantitative estimate of drug-likeness (QED) is 0.620. The van der Waals surface area contributed by atoms with Crippen molar-refractivity contribution < 1.29 is 13.2 Å². The molecule has 0 bridgehead atoms. The first kappa shape index (κ1) is 14.3. The number of thiocarbonyl (C=S) groups is 1. The first-order chi connectivity index (χ1) is 6.78. The van der Waals surface area contributed by atoms with E-state index in [9.17, 15) is 13.2 Å². The fraction of sp³-hybridized carbons (Fsp3) is 0.750. The number of nitrogens with two attached hydrogens (primary N) is 1. The molecule has 0 aliphatic carbocycles. The third-order valence-electron chi connectivity index (χ3n) is 1.84. The molecule has 0 saturated carbocycles. The van der Waals surface area contributed by atoms with E-state index in [2.05, 4.69) is 5.32 Å². The molecule has 7 heteroatoms. The Morgan fingerprint density at radius 3 is 2.40 bits per heavy atom. The molecular weight excluding hydrogens is 236 g/mol. The minimum atomic E-state index is -3.05. The van der Waals surface area contributed by atoms with Crippen molar-refractivity contribution in [2.24, 2.45) is 11.7 Å². The zero-order valence-corrected chi connectivity index (χ0v) is 10.5. The van der Waals surface area contributed by atoms with E-state index >= 15 is 0 Å². The van der Waals surface area contributed by atoms with Gasteiger partial charge in [-0.15, -0.1) is 0 Å². The van der Waals surface area contributed by atoms with Crippen LogP contribution in [-0.4, -0.2) is 37.9 Å². The summed E-state index contributed by atoms with van der Waals surface area (Å²) in [6.07, 6.45) is 1.63. The van der Waals surface area contributed by atoms with Gasteiger partial charge in [0.1, 0.15) is 9.84 Å². The lowest BCUT2D eigenvalue weighted by Gasteiger charge is -2.12. The van der Waals surface area contributed by atoms with Crippen LogP contribution in [0.3, 0.4) is 0 Å². The molecule has 1 amide bonds. The van der Waals surface area contributed by atoms with Gasteiger partial charge in [0.15, 0.2) is 0 Å². The standard InChI is InChI=1S/C8H16N2O3S2/c1-3-6(7(9)14)8(11)10-4-5-15(2,12)13/h6H,3-5H2,1-2H3,(H2,9,14)(H,10,11). The predicted molar refractivity (Wildman–Crippen MR) is 63.3 cm³/mol. The average Bonchev–Trinajstić information content (AvgIpc) is 2.01. The molecule has 0 saturated heterocycles. The van der Waals surface area contributed by atoms with Crippen molar-refractivity contribution in [1.82, 2.24) is 5.32 Å². The number of carbonyl (C=O) groups is 1. The molecule has 0 aromatic carbocycles. The SMILES string of the molecule is CCC(C(=O)NCCS(C)(=O)=O)C(N)=S. The van der Waals surface area contributed by atoms with Crippen molar-refractivity contribution in [2.45, 2.75) is 13.3 Å². The maximum absolute atomic E-state index is 11.4. The molecule has 88 valence electrons. The van der Waals surface area contributed by atoms with Crippen molar-refractivity contribution in [3.8, 4) is 0 Å². The highest BCUT2D eigenvalue weighted by molar-refractivity contribution is 7.90. The summed E-state index contributed by atoms with van der Waals surface area (Å²) in [5, 5.41) is 2.49. The van der Waals surface area contributed by atoms with Crippen LogP contribution in [-0.2, 0) is 14.6 Å². The number of rotatable bonds is 6. The highest BCUT2D eigenvalue weighted by atomic mass is 32.2. The molecule has 0 radical (unpaired) electrons. The van der Waals surface area contributed by atoms with Crippen LogP contribution >= 0.6 is 12.2 Å². The van der Waals surface area contributed by atoms with E-state index in [-0.39, 0.29) is 23.2 Å². The highest BCUT2D eigenvalue weighted by Crippen LogP contribution is 2.02. The summed E-state index contributed by atoms with van der Waals surface area (Å²) in [6.45, 7) is 1.89. The molecule has 0 aliphatic rings. The highest BCUT2D eigenvalue weighted by Gasteiger charge is 2.18. The summed E-state index contributed by atoms with van der Waals surface area (Å²) in [5.74, 6) is -0.903. The van der Waals surface area contributed by atoms with Gasteiger partial charge in [-0.3, -0.25) is 4.79 Å². The minimum absolute atomic E-state index is 0.0769. The maximum Gasteiger partial charge on any atom is 0.229 e. The van der Waals surface area contributed by atoms with Gasteiger partial charge in [-0.05, 0) is 6.42 Å². The molecule has 0 aliphatic heterocycles. The second kappa shape index (κ2) is 6.02. The fourth-order valence-electron chi connectivity index (χ4n) is 0.999. The topological polar surface area (TPSA) is 89.3 Å². The van der Waals surface area contributed by atoms with Gasteiger partial charge < -0.3 is 11.1 Å². The number of sulfone groups is 1. The van der Waals surface area contributed by atoms with E-state index in [0.717, 1.165) is 6.26 Å². The van der Waals surface area contributed by atoms with Gasteiger partial charge in [0.25, 0.3) is 0 Å². The molecule has 1 atom stereocenters. The Morgan fingerprint density at radius 1 is 1.53 bits per heavy atom. The maximum atomic E-state index is 11.4. The van der Waals surface area contributed by atoms with Gasteiger partial charge in [-0.2, -0.15) is 0 Å². The third kappa shape index (κ3) is 6.40. The lowest BCUT2D eigenvalue weighted by atomic mass is 10.1. The third-order valence-corrected chi connectivity index (χ3v) is 3.07. The van der Waals surface area contributed by atoms with E-state index in [0.29, 0.717) is 6.42 Å². The first-order valence-corrected chi connectivity index (χ1v) is 6.99. The van der Waals surface area contributed by atoms with Gasteiger partial charge in [0.2, 0.25) is 5.91 Å². The molecule has 15 heavy (non-hydrogen) atoms. The summed E-state index contributed by atoms with van der Waals surface area (Å²) in [7, 11) is -3.05. The van der Waals surface area contributed by atoms with Crippen molar-refractivity contribution in [3.05, 3.63) is 0 Å². The molecule has 0 aromatic heterocycles. The Labute approximate surface area is 95.3 Å². The Kier molecular flexibility index (Phi) is 5.74. The summed E-state index contributed by atoms with van der Waals surface area (Å²) >= 11 is 4.71. The van der Waals surface area contributed by atoms with Crippen LogP contribution in [0.5, 0.6) is 0 Å². The first-order valence-electron chi connectivity index (χ1n) is 4.52. The zero-order valence-electron chi connectivity index (χ0n) is 8.82. The zero-order chi connectivity index (χ0) is 12.1. The van der Waals surface area contributed by atoms with Crippen LogP contribution in [0.2, 0.25) is 0 Å². The van der Waals surface area contributed by atoms with Crippen molar-refractivity contribution in [1.29, 1.82) is 0 Å². The van der Waals surface area contributed by atoms with Gasteiger partial charge in [0.05, 0.1) is 16.7 Å². The van der Waals surface area contributed by atoms with Gasteiger partial charge in [-0.1, -0.05) is 19.1 Å². The summed E-state index contributed by atoms with van der Waals surface area (Å²) in [6, 6.07) is 0. The van der Waals surface area contributed by atoms with Gasteiger partial charge in [-0.25, -0.2) is 8.42 Å². The molecule has 3 N–H and O–H groups in total. The molecule has 0 fully saturated rings.